The Morgan fingerprint density at radius 2 is 0.952 bits per heavy atom. The molecule has 2 unspecified atom stereocenters. The van der Waals surface area contributed by atoms with Crippen LogP contribution in [-0.2, 0) is 50.1 Å². The van der Waals surface area contributed by atoms with Crippen LogP contribution in [0.15, 0.2) is 72.8 Å². The molecule has 22 heteroatoms. The minimum Gasteiger partial charge on any atom is -0.325 e. The number of sulfonamides is 2. The molecule has 14 nitrogen and oxygen atoms in total. The van der Waals surface area contributed by atoms with Crippen molar-refractivity contribution in [2.75, 3.05) is 23.1 Å². The molecule has 84 heavy (non-hydrogen) atoms. The minimum atomic E-state index is -3.42. The van der Waals surface area contributed by atoms with Gasteiger partial charge in [-0.25, -0.2) is 35.1 Å². The molecule has 2 spiro atoms. The van der Waals surface area contributed by atoms with Gasteiger partial charge in [-0.2, -0.15) is 0 Å². The lowest BCUT2D eigenvalue weighted by atomic mass is 9.62. The largest absolute Gasteiger partial charge is 0.325 e. The van der Waals surface area contributed by atoms with E-state index in [0.717, 1.165) is 12.5 Å². The number of anilines is 2. The van der Waals surface area contributed by atoms with Crippen LogP contribution in [0.5, 0.6) is 0 Å². The van der Waals surface area contributed by atoms with E-state index in [9.17, 15) is 36.0 Å². The van der Waals surface area contributed by atoms with Crippen LogP contribution in [0.3, 0.4) is 0 Å². The zero-order valence-electron chi connectivity index (χ0n) is 49.0. The highest BCUT2D eigenvalue weighted by molar-refractivity contribution is 7.89. The highest BCUT2D eigenvalue weighted by Crippen LogP contribution is 2.60. The fourth-order valence-corrected chi connectivity index (χ4v) is 18.3. The van der Waals surface area contributed by atoms with E-state index in [2.05, 4.69) is 72.3 Å². The van der Waals surface area contributed by atoms with Gasteiger partial charge in [0.25, 0.3) is 0 Å². The molecular weight excluding hydrogens is 1200 g/mol. The van der Waals surface area contributed by atoms with Gasteiger partial charge < -0.3 is 21.3 Å². The first-order valence-electron chi connectivity index (χ1n) is 28.5. The second-order valence-electron chi connectivity index (χ2n) is 27.6. The average molecular weight is 1280 g/mol. The molecule has 0 bridgehead atoms. The molecule has 2 saturated heterocycles. The third kappa shape index (κ3) is 12.8. The van der Waals surface area contributed by atoms with Crippen molar-refractivity contribution < 1.29 is 44.8 Å². The predicted octanol–water partition coefficient (Wildman–Crippen LogP) is 11.9. The predicted molar refractivity (Wildman–Crippen MR) is 328 cm³/mol. The van der Waals surface area contributed by atoms with E-state index >= 15 is 8.78 Å². The Kier molecular flexibility index (Phi) is 17.7. The quantitative estimate of drug-likeness (QED) is 0.0704. The maximum absolute atomic E-state index is 15.9. The van der Waals surface area contributed by atoms with Crippen molar-refractivity contribution in [2.24, 2.45) is 22.7 Å². The molecule has 4 aromatic rings. The number of carbonyl (C=O) groups excluding carboxylic acids is 4. The maximum Gasteiger partial charge on any atom is 0.237 e. The number of benzene rings is 4. The summed E-state index contributed by atoms with van der Waals surface area (Å²) in [7, 11) is -6.84. The monoisotopic (exact) mass is 1270 g/mol. The second kappa shape index (κ2) is 23.1. The number of carbonyl (C=O) groups is 4. The number of hydrogen-bond donors (Lipinski definition) is 6. The first-order valence-corrected chi connectivity index (χ1v) is 33.8. The van der Waals surface area contributed by atoms with Crippen LogP contribution < -0.4 is 30.7 Å². The van der Waals surface area contributed by atoms with Gasteiger partial charge in [-0.3, -0.25) is 19.2 Å². The molecule has 4 heterocycles. The van der Waals surface area contributed by atoms with Gasteiger partial charge in [0.1, 0.15) is 22.5 Å². The lowest BCUT2D eigenvalue weighted by molar-refractivity contribution is -0.124. The van der Waals surface area contributed by atoms with Crippen molar-refractivity contribution in [2.45, 2.75) is 178 Å². The van der Waals surface area contributed by atoms with Crippen molar-refractivity contribution in [1.82, 2.24) is 20.1 Å². The summed E-state index contributed by atoms with van der Waals surface area (Å²) in [5.74, 6) is -4.12. The van der Waals surface area contributed by atoms with Crippen molar-refractivity contribution >= 4 is 101 Å². The summed E-state index contributed by atoms with van der Waals surface area (Å²) in [4.78, 5) is 57.1. The van der Waals surface area contributed by atoms with Crippen LogP contribution in [0, 0.1) is 34.3 Å². The normalized spacial score (nSPS) is 31.0. The van der Waals surface area contributed by atoms with Gasteiger partial charge in [-0.05, 0) is 147 Å². The fraction of sp³-hybridized carbons (Fsp3) is 0.548. The topological polar surface area (TPSA) is 209 Å². The van der Waals surface area contributed by atoms with Crippen LogP contribution in [0.1, 0.15) is 154 Å². The van der Waals surface area contributed by atoms with Gasteiger partial charge >= 0.3 is 0 Å². The molecule has 6 N–H and O–H groups in total. The van der Waals surface area contributed by atoms with Crippen LogP contribution in [0.25, 0.3) is 0 Å². The molecule has 4 aromatic carbocycles. The second-order valence-corrected chi connectivity index (χ2v) is 32.8. The molecule has 6 aliphatic rings. The van der Waals surface area contributed by atoms with Gasteiger partial charge in [0, 0.05) is 69.3 Å². The smallest absolute Gasteiger partial charge is 0.237 e. The molecule has 0 aromatic heterocycles. The van der Waals surface area contributed by atoms with Gasteiger partial charge in [-0.1, -0.05) is 124 Å². The molecule has 2 aliphatic carbocycles. The summed E-state index contributed by atoms with van der Waals surface area (Å²) in [6.45, 7) is 16.1. The van der Waals surface area contributed by atoms with E-state index in [4.69, 9.17) is 46.4 Å². The number of halogens is 6. The Morgan fingerprint density at radius 3 is 1.29 bits per heavy atom. The molecule has 10 rings (SSSR count). The highest BCUT2D eigenvalue weighted by Gasteiger charge is 2.68. The van der Waals surface area contributed by atoms with Gasteiger partial charge in [0.2, 0.25) is 31.9 Å². The van der Waals surface area contributed by atoms with E-state index in [1.54, 1.807) is 60.7 Å². The summed E-state index contributed by atoms with van der Waals surface area (Å²) in [6.07, 6.45) is 7.25. The van der Waals surface area contributed by atoms with Gasteiger partial charge in [-0.15, -0.1) is 0 Å². The van der Waals surface area contributed by atoms with Crippen molar-refractivity contribution in [3.63, 3.8) is 0 Å². The van der Waals surface area contributed by atoms with Crippen LogP contribution in [0.4, 0.5) is 20.2 Å². The Labute approximate surface area is 512 Å². The number of nitrogens with one attached hydrogen (secondary N) is 6. The number of amides is 2. The third-order valence-corrected chi connectivity index (χ3v) is 20.9. The molecule has 2 amide bonds. The highest BCUT2D eigenvalue weighted by atomic mass is 35.5. The summed E-state index contributed by atoms with van der Waals surface area (Å²) in [5, 5.41) is 13.8. The number of fused-ring (bicyclic) bond motifs is 4. The third-order valence-electron chi connectivity index (χ3n) is 18.1. The van der Waals surface area contributed by atoms with E-state index in [1.807, 2.05) is 13.8 Å². The first-order chi connectivity index (χ1) is 38.9. The minimum absolute atomic E-state index is 0.0653. The maximum atomic E-state index is 15.9. The number of ketones is 2. The summed E-state index contributed by atoms with van der Waals surface area (Å²) >= 11 is 25.2. The Morgan fingerprint density at radius 1 is 0.595 bits per heavy atom. The number of Topliss-reactive ketones (excluding diaryl/α,β-unsaturated/α-hetero) is 2. The SMILES string of the molecule is CC(C)(C)C[C@H]1N[C@@H](C(=O)CC2CC[C@@](C)(NS(C)(=O)=O)C2)[C@H](c2cccc(Cl)c2F)[C@@]12C(=O)Nc1cc(Cl)ccc12.CC(C)(C)C[C@H]1N[C@@H](C(=O)CC2CC[C@](C)(NS(C)(=O)=O)C2)[C@H](c2cccc(Cl)c2F)[C@@]12C(=O)Nc1cc(Cl)ccc12. The van der Waals surface area contributed by atoms with Crippen molar-refractivity contribution in [3.8, 4) is 0 Å². The summed E-state index contributed by atoms with van der Waals surface area (Å²) in [6, 6.07) is 17.0. The van der Waals surface area contributed by atoms with E-state index in [0.29, 0.717) is 83.9 Å². The first kappa shape index (κ1) is 64.4. The van der Waals surface area contributed by atoms with Crippen LogP contribution in [0.2, 0.25) is 20.1 Å². The molecule has 2 saturated carbocycles. The van der Waals surface area contributed by atoms with Crippen molar-refractivity contribution in [3.05, 3.63) is 127 Å². The molecule has 4 aliphatic heterocycles. The van der Waals surface area contributed by atoms with E-state index in [-0.39, 0.29) is 80.1 Å². The molecule has 4 fully saturated rings. The summed E-state index contributed by atoms with van der Waals surface area (Å²) in [5.41, 5.74) is -1.51. The van der Waals surface area contributed by atoms with Gasteiger partial charge in [0.15, 0.2) is 11.6 Å². The zero-order valence-corrected chi connectivity index (χ0v) is 53.6. The van der Waals surface area contributed by atoms with E-state index < -0.39 is 89.6 Å². The molecule has 456 valence electrons. The standard InChI is InChI=1S/2C31H38Cl2FN3O4S/c2*1-29(2,3)16-24-31(20-10-9-18(32)14-22(20)35-28(31)39)25(19-7-6-8-21(33)26(19)34)27(36-24)23(38)13-17-11-12-30(4,15-17)37-42(5,40)41/h2*6-10,14,17,24-25,27,36-37H,11-13,15-16H2,1-5H3,(H,35,39)/t17?,24-,25+,27+,30+,31+;17?,24-,25+,27+,30-,31+/m11/s1. The van der Waals surface area contributed by atoms with Gasteiger partial charge in [0.05, 0.1) is 34.6 Å². The van der Waals surface area contributed by atoms with E-state index in [1.165, 1.54) is 12.1 Å². The Hall–Kier alpha value is -4.08. The van der Waals surface area contributed by atoms with Crippen LogP contribution in [-0.4, -0.2) is 88.0 Å². The molecule has 12 atom stereocenters. The average Bonchev–Trinajstić information content (AvgIpc) is 1.72. The molecular formula is C62H76Cl4F2N6O8S2. The number of hydrogen-bond acceptors (Lipinski definition) is 10. The fourth-order valence-electron chi connectivity index (χ4n) is 15.4. The Bertz CT molecular complexity index is 3320. The Balaban J connectivity index is 0.000000202. The summed E-state index contributed by atoms with van der Waals surface area (Å²) < 4.78 is 85.1. The lowest BCUT2D eigenvalue weighted by Gasteiger charge is -2.37. The number of rotatable bonds is 14. The van der Waals surface area contributed by atoms with Crippen LogP contribution >= 0.6 is 46.4 Å². The zero-order chi connectivity index (χ0) is 61.7. The lowest BCUT2D eigenvalue weighted by Crippen LogP contribution is -2.49. The van der Waals surface area contributed by atoms with Crippen molar-refractivity contribution in [1.29, 1.82) is 0 Å². The molecule has 0 radical (unpaired) electrons.